The fourth-order valence-corrected chi connectivity index (χ4v) is 1.89. The molecule has 10 heteroatoms. The highest BCUT2D eigenvalue weighted by atomic mass is 16.6. The lowest BCUT2D eigenvalue weighted by Crippen LogP contribution is -2.12. The van der Waals surface area contributed by atoms with Gasteiger partial charge in [0.2, 0.25) is 0 Å². The predicted octanol–water partition coefficient (Wildman–Crippen LogP) is 2.81. The van der Waals surface area contributed by atoms with Gasteiger partial charge >= 0.3 is 11.4 Å². The Labute approximate surface area is 148 Å². The largest absolute Gasteiger partial charge is 0.388 e. The zero-order valence-corrected chi connectivity index (χ0v) is 13.8. The lowest BCUT2D eigenvalue weighted by atomic mass is 10.2. The highest BCUT2D eigenvalue weighted by molar-refractivity contribution is 6.04. The number of nitrogens with zero attached hydrogens (tertiary/aromatic N) is 2. The van der Waals surface area contributed by atoms with Gasteiger partial charge in [0.25, 0.3) is 5.91 Å². The number of benzene rings is 2. The summed E-state index contributed by atoms with van der Waals surface area (Å²) in [4.78, 5) is 32.0. The number of hydrogen-bond acceptors (Lipinski definition) is 7. The van der Waals surface area contributed by atoms with Gasteiger partial charge < -0.3 is 15.4 Å². The predicted molar refractivity (Wildman–Crippen MR) is 94.5 cm³/mol. The summed E-state index contributed by atoms with van der Waals surface area (Å²) in [5.74, 6) is -0.476. The van der Waals surface area contributed by atoms with Crippen molar-refractivity contribution in [1.29, 1.82) is 0 Å². The Balaban J connectivity index is 0.000000732. The van der Waals surface area contributed by atoms with Crippen LogP contribution < -0.4 is 10.6 Å². The first-order chi connectivity index (χ1) is 12.4. The van der Waals surface area contributed by atoms with Gasteiger partial charge in [-0.1, -0.05) is 0 Å². The van der Waals surface area contributed by atoms with Crippen LogP contribution in [-0.2, 0) is 4.74 Å². The molecule has 1 aliphatic heterocycles. The number of nitro benzene ring substituents is 2. The van der Waals surface area contributed by atoms with Crippen molar-refractivity contribution >= 4 is 28.7 Å². The molecule has 0 radical (unpaired) electrons. The zero-order chi connectivity index (χ0) is 19.1. The summed E-state index contributed by atoms with van der Waals surface area (Å²) >= 11 is 0. The molecule has 136 valence electrons. The second kappa shape index (κ2) is 8.53. The van der Waals surface area contributed by atoms with E-state index in [9.17, 15) is 25.0 Å². The van der Waals surface area contributed by atoms with Gasteiger partial charge in [-0.3, -0.25) is 25.0 Å². The summed E-state index contributed by atoms with van der Waals surface area (Å²) in [6, 6.07) is 9.75. The van der Waals surface area contributed by atoms with Crippen molar-refractivity contribution in [3.8, 4) is 0 Å². The quantitative estimate of drug-likeness (QED) is 0.474. The van der Waals surface area contributed by atoms with E-state index in [4.69, 9.17) is 0 Å². The third-order valence-electron chi connectivity index (χ3n) is 3.27. The summed E-state index contributed by atoms with van der Waals surface area (Å²) in [7, 11) is 1.74. The van der Waals surface area contributed by atoms with Crippen LogP contribution >= 0.6 is 0 Å². The van der Waals surface area contributed by atoms with Gasteiger partial charge in [0.15, 0.2) is 0 Å². The van der Waals surface area contributed by atoms with E-state index >= 15 is 0 Å². The summed E-state index contributed by atoms with van der Waals surface area (Å²) in [6.07, 6.45) is 0. The van der Waals surface area contributed by atoms with Crippen LogP contribution in [0.25, 0.3) is 0 Å². The number of rotatable bonds is 5. The molecule has 0 aromatic heterocycles. The monoisotopic (exact) mass is 360 g/mol. The molecule has 2 aromatic rings. The van der Waals surface area contributed by atoms with E-state index in [1.807, 2.05) is 0 Å². The Hall–Kier alpha value is -3.53. The van der Waals surface area contributed by atoms with E-state index in [1.165, 1.54) is 6.07 Å². The van der Waals surface area contributed by atoms with E-state index in [1.54, 1.807) is 31.3 Å². The zero-order valence-electron chi connectivity index (χ0n) is 13.8. The van der Waals surface area contributed by atoms with Crippen molar-refractivity contribution in [3.05, 3.63) is 68.3 Å². The average molecular weight is 360 g/mol. The summed E-state index contributed by atoms with van der Waals surface area (Å²) in [5, 5.41) is 27.0. The standard InChI is InChI=1S/C14H12N4O5.C2H4O/c1-15-10-4-2-9(3-5-10)14(19)16-11-6-7-12(17(20)21)13(8-11)18(22)23;1-2-3-1/h2-8,15H,1H3,(H,16,19);1-2H2. The topological polar surface area (TPSA) is 140 Å². The highest BCUT2D eigenvalue weighted by Gasteiger charge is 2.24. The van der Waals surface area contributed by atoms with Gasteiger partial charge in [0.05, 0.1) is 23.1 Å². The van der Waals surface area contributed by atoms with Gasteiger partial charge in [-0.2, -0.15) is 0 Å². The van der Waals surface area contributed by atoms with E-state index in [0.717, 1.165) is 31.0 Å². The number of nitro groups is 2. The first kappa shape index (κ1) is 18.8. The molecular weight excluding hydrogens is 344 g/mol. The Morgan fingerprint density at radius 3 is 1.96 bits per heavy atom. The number of hydrogen-bond donors (Lipinski definition) is 2. The number of anilines is 2. The van der Waals surface area contributed by atoms with Gasteiger partial charge in [0, 0.05) is 36.1 Å². The second-order valence-electron chi connectivity index (χ2n) is 5.11. The van der Waals surface area contributed by atoms with Crippen molar-refractivity contribution in [2.24, 2.45) is 0 Å². The second-order valence-corrected chi connectivity index (χ2v) is 5.11. The minimum atomic E-state index is -0.866. The fraction of sp³-hybridized carbons (Fsp3) is 0.188. The maximum atomic E-state index is 12.1. The van der Waals surface area contributed by atoms with Gasteiger partial charge in [0.1, 0.15) is 0 Å². The maximum Gasteiger partial charge on any atom is 0.348 e. The third kappa shape index (κ3) is 5.24. The van der Waals surface area contributed by atoms with Crippen molar-refractivity contribution in [3.63, 3.8) is 0 Å². The highest BCUT2D eigenvalue weighted by Crippen LogP contribution is 2.29. The van der Waals surface area contributed by atoms with Gasteiger partial charge in [-0.25, -0.2) is 0 Å². The van der Waals surface area contributed by atoms with Crippen LogP contribution in [-0.4, -0.2) is 36.0 Å². The fourth-order valence-electron chi connectivity index (χ4n) is 1.89. The molecule has 1 fully saturated rings. The van der Waals surface area contributed by atoms with E-state index in [2.05, 4.69) is 15.4 Å². The molecule has 0 aliphatic carbocycles. The van der Waals surface area contributed by atoms with Crippen molar-refractivity contribution in [1.82, 2.24) is 0 Å². The molecule has 0 bridgehead atoms. The molecule has 0 spiro atoms. The Morgan fingerprint density at radius 1 is 0.962 bits per heavy atom. The molecule has 2 N–H and O–H groups in total. The minimum absolute atomic E-state index is 0.102. The first-order valence-corrected chi connectivity index (χ1v) is 7.52. The molecule has 1 heterocycles. The molecular formula is C16H16N4O6. The minimum Gasteiger partial charge on any atom is -0.388 e. The SMILES string of the molecule is C1CO1.CNc1ccc(C(=O)Nc2ccc([N+](=O)[O-])c([N+](=O)[O-])c2)cc1. The third-order valence-corrected chi connectivity index (χ3v) is 3.27. The molecule has 3 rings (SSSR count). The lowest BCUT2D eigenvalue weighted by molar-refractivity contribution is -0.422. The van der Waals surface area contributed by atoms with Crippen LogP contribution in [0.2, 0.25) is 0 Å². The molecule has 1 amide bonds. The summed E-state index contributed by atoms with van der Waals surface area (Å²) < 4.78 is 4.50. The van der Waals surface area contributed by atoms with Crippen LogP contribution in [0.1, 0.15) is 10.4 Å². The lowest BCUT2D eigenvalue weighted by Gasteiger charge is -2.06. The smallest absolute Gasteiger partial charge is 0.348 e. The molecule has 26 heavy (non-hydrogen) atoms. The molecule has 0 unspecified atom stereocenters. The number of nitrogens with one attached hydrogen (secondary N) is 2. The summed E-state index contributed by atoms with van der Waals surface area (Å²) in [5.41, 5.74) is -0.0350. The van der Waals surface area contributed by atoms with Crippen molar-refractivity contribution in [2.45, 2.75) is 0 Å². The maximum absolute atomic E-state index is 12.1. The normalized spacial score (nSPS) is 11.6. The van der Waals surface area contributed by atoms with Crippen LogP contribution in [0, 0.1) is 20.2 Å². The van der Waals surface area contributed by atoms with E-state index in [-0.39, 0.29) is 5.69 Å². The Morgan fingerprint density at radius 2 is 1.50 bits per heavy atom. The Kier molecular flexibility index (Phi) is 6.17. The molecule has 1 saturated heterocycles. The Bertz CT molecular complexity index is 817. The van der Waals surface area contributed by atoms with Crippen LogP contribution in [0.3, 0.4) is 0 Å². The van der Waals surface area contributed by atoms with E-state index in [0.29, 0.717) is 5.56 Å². The number of amides is 1. The van der Waals surface area contributed by atoms with Crippen LogP contribution in [0.15, 0.2) is 42.5 Å². The average Bonchev–Trinajstić information content (AvgIpc) is 3.50. The first-order valence-electron chi connectivity index (χ1n) is 7.52. The molecule has 10 nitrogen and oxygen atoms in total. The van der Waals surface area contributed by atoms with Crippen LogP contribution in [0.5, 0.6) is 0 Å². The van der Waals surface area contributed by atoms with Crippen molar-refractivity contribution < 1.29 is 19.4 Å². The summed E-state index contributed by atoms with van der Waals surface area (Å²) in [6.45, 7) is 2.00. The molecule has 1 aliphatic rings. The molecule has 0 saturated carbocycles. The van der Waals surface area contributed by atoms with Crippen molar-refractivity contribution in [2.75, 3.05) is 30.9 Å². The molecule has 0 atom stereocenters. The number of epoxide rings is 1. The number of carbonyl (C=O) groups excluding carboxylic acids is 1. The van der Waals surface area contributed by atoms with Crippen LogP contribution in [0.4, 0.5) is 22.7 Å². The number of carbonyl (C=O) groups is 1. The van der Waals surface area contributed by atoms with Gasteiger partial charge in [-0.05, 0) is 30.3 Å². The number of ether oxygens (including phenoxy) is 1. The van der Waals surface area contributed by atoms with E-state index < -0.39 is 27.1 Å². The van der Waals surface area contributed by atoms with Gasteiger partial charge in [-0.15, -0.1) is 0 Å². The molecule has 2 aromatic carbocycles.